The first-order valence-electron chi connectivity index (χ1n) is 8.32. The molecule has 1 atom stereocenters. The first-order chi connectivity index (χ1) is 14.6. The number of hydrogen-bond donors (Lipinski definition) is 4. The fourth-order valence-electron chi connectivity index (χ4n) is 2.38. The van der Waals surface area contributed by atoms with Crippen LogP contribution in [0.25, 0.3) is 0 Å². The summed E-state index contributed by atoms with van der Waals surface area (Å²) < 4.78 is 32.2. The summed E-state index contributed by atoms with van der Waals surface area (Å²) >= 11 is 1.08. The van der Waals surface area contributed by atoms with Gasteiger partial charge in [-0.2, -0.15) is 8.42 Å². The van der Waals surface area contributed by atoms with Crippen LogP contribution in [-0.4, -0.2) is 66.7 Å². The van der Waals surface area contributed by atoms with Crippen molar-refractivity contribution in [1.82, 2.24) is 25.1 Å². The predicted octanol–water partition coefficient (Wildman–Crippen LogP) is -1.23. The zero-order valence-electron chi connectivity index (χ0n) is 16.0. The second-order valence-corrected chi connectivity index (χ2v) is 8.32. The molecular weight excluding hydrogens is 456 g/mol. The van der Waals surface area contributed by atoms with Crippen LogP contribution >= 0.6 is 11.3 Å². The van der Waals surface area contributed by atoms with Gasteiger partial charge in [-0.25, -0.2) is 19.2 Å². The fourth-order valence-corrected chi connectivity index (χ4v) is 3.68. The highest BCUT2D eigenvalue weighted by atomic mass is 32.2. The van der Waals surface area contributed by atoms with Crippen molar-refractivity contribution in [3.63, 3.8) is 0 Å². The second kappa shape index (κ2) is 8.56. The summed E-state index contributed by atoms with van der Waals surface area (Å²) in [5, 5.41) is 11.1. The van der Waals surface area contributed by atoms with Crippen molar-refractivity contribution < 1.29 is 32.2 Å². The number of carbonyl (C=O) groups is 3. The average Bonchev–Trinajstić information content (AvgIpc) is 3.29. The molecule has 0 aromatic carbocycles. The SMILES string of the molecule is CO/N=C(\C(=O)N[C@H]1CN(C(=O)NS(=O)(=O)Nc2cc(C)no2)C1=O)c1csc(N)n1. The van der Waals surface area contributed by atoms with Crippen LogP contribution in [-0.2, 0) is 24.6 Å². The van der Waals surface area contributed by atoms with E-state index < -0.39 is 34.1 Å². The number of anilines is 2. The highest BCUT2D eigenvalue weighted by Crippen LogP contribution is 2.15. The van der Waals surface area contributed by atoms with Crippen molar-refractivity contribution in [2.24, 2.45) is 5.16 Å². The average molecular weight is 472 g/mol. The Balaban J connectivity index is 1.57. The number of hydrogen-bond acceptors (Lipinski definition) is 12. The van der Waals surface area contributed by atoms with Gasteiger partial charge in [0, 0.05) is 11.4 Å². The largest absolute Gasteiger partial charge is 0.398 e. The molecule has 166 valence electrons. The van der Waals surface area contributed by atoms with Crippen molar-refractivity contribution in [2.45, 2.75) is 13.0 Å². The molecule has 17 heteroatoms. The zero-order chi connectivity index (χ0) is 22.8. The number of oxime groups is 1. The van der Waals surface area contributed by atoms with Gasteiger partial charge >= 0.3 is 16.2 Å². The number of β-lactam (4-membered cyclic amide) rings is 1. The number of nitrogens with one attached hydrogen (secondary N) is 3. The first kappa shape index (κ1) is 22.0. The fraction of sp³-hybridized carbons (Fsp3) is 0.286. The van der Waals surface area contributed by atoms with Crippen LogP contribution in [0, 0.1) is 6.92 Å². The Kier molecular flexibility index (Phi) is 6.07. The number of aromatic nitrogens is 2. The number of nitrogen functional groups attached to an aromatic ring is 1. The summed E-state index contributed by atoms with van der Waals surface area (Å²) in [5.74, 6) is -1.84. The van der Waals surface area contributed by atoms with Gasteiger partial charge in [0.05, 0.1) is 12.2 Å². The minimum absolute atomic E-state index is 0.142. The Morgan fingerprint density at radius 2 is 2.19 bits per heavy atom. The van der Waals surface area contributed by atoms with E-state index in [1.807, 2.05) is 4.72 Å². The Labute approximate surface area is 178 Å². The molecule has 0 radical (unpaired) electrons. The second-order valence-electron chi connectivity index (χ2n) is 6.01. The lowest BCUT2D eigenvalue weighted by molar-refractivity contribution is -0.141. The molecular formula is C14H16N8O7S2. The molecule has 15 nitrogen and oxygen atoms in total. The minimum atomic E-state index is -4.38. The Morgan fingerprint density at radius 1 is 1.45 bits per heavy atom. The van der Waals surface area contributed by atoms with Gasteiger partial charge in [-0.3, -0.25) is 14.5 Å². The lowest BCUT2D eigenvalue weighted by Gasteiger charge is -2.36. The third-order valence-electron chi connectivity index (χ3n) is 3.73. The van der Waals surface area contributed by atoms with Gasteiger partial charge in [-0.15, -0.1) is 11.3 Å². The van der Waals surface area contributed by atoms with Crippen LogP contribution in [0.4, 0.5) is 15.8 Å². The van der Waals surface area contributed by atoms with Crippen molar-refractivity contribution in [3.05, 3.63) is 22.8 Å². The maximum Gasteiger partial charge on any atom is 0.339 e. The van der Waals surface area contributed by atoms with E-state index in [0.29, 0.717) is 10.6 Å². The molecule has 3 rings (SSSR count). The number of carbonyl (C=O) groups excluding carboxylic acids is 3. The van der Waals surface area contributed by atoms with E-state index in [4.69, 9.17) is 10.3 Å². The quantitative estimate of drug-likeness (QED) is 0.214. The summed E-state index contributed by atoms with van der Waals surface area (Å²) in [4.78, 5) is 45.8. The molecule has 31 heavy (non-hydrogen) atoms. The monoisotopic (exact) mass is 472 g/mol. The van der Waals surface area contributed by atoms with E-state index in [-0.39, 0.29) is 29.0 Å². The van der Waals surface area contributed by atoms with E-state index in [9.17, 15) is 22.8 Å². The number of thiazole rings is 1. The summed E-state index contributed by atoms with van der Waals surface area (Å²) in [5.41, 5.74) is 5.87. The number of nitrogens with zero attached hydrogens (tertiary/aromatic N) is 4. The van der Waals surface area contributed by atoms with Crippen LogP contribution in [0.3, 0.4) is 0 Å². The van der Waals surface area contributed by atoms with E-state index >= 15 is 0 Å². The van der Waals surface area contributed by atoms with Crippen LogP contribution in [0.5, 0.6) is 0 Å². The third kappa shape index (κ3) is 5.07. The normalized spacial score (nSPS) is 16.5. The maximum atomic E-state index is 12.4. The molecule has 0 aliphatic carbocycles. The topological polar surface area (TPSA) is 211 Å². The van der Waals surface area contributed by atoms with E-state index in [2.05, 4.69) is 25.5 Å². The Hall–Kier alpha value is -3.73. The molecule has 2 aromatic rings. The molecule has 0 unspecified atom stereocenters. The van der Waals surface area contributed by atoms with Crippen LogP contribution in [0.2, 0.25) is 0 Å². The molecule has 1 saturated heterocycles. The van der Waals surface area contributed by atoms with Crippen molar-refractivity contribution >= 4 is 56.1 Å². The highest BCUT2D eigenvalue weighted by Gasteiger charge is 2.43. The number of aryl methyl sites for hydroxylation is 1. The third-order valence-corrected chi connectivity index (χ3v) is 5.31. The molecule has 1 fully saturated rings. The van der Waals surface area contributed by atoms with Gasteiger partial charge < -0.3 is 20.4 Å². The zero-order valence-corrected chi connectivity index (χ0v) is 17.6. The summed E-state index contributed by atoms with van der Waals surface area (Å²) in [6.07, 6.45) is 0. The molecule has 1 aliphatic heterocycles. The minimum Gasteiger partial charge on any atom is -0.398 e. The number of urea groups is 1. The van der Waals surface area contributed by atoms with E-state index in [0.717, 1.165) is 11.3 Å². The predicted molar refractivity (Wildman–Crippen MR) is 106 cm³/mol. The Bertz CT molecular complexity index is 1160. The highest BCUT2D eigenvalue weighted by molar-refractivity contribution is 7.91. The lowest BCUT2D eigenvalue weighted by Crippen LogP contribution is -2.68. The van der Waals surface area contributed by atoms with Gasteiger partial charge in [0.2, 0.25) is 5.88 Å². The molecule has 0 spiro atoms. The standard InChI is InChI=1S/C14H16N8O7S2/c1-6-3-9(29-18-6)20-31(26,27)21-14(25)22-4-7(12(22)24)16-11(23)10(19-28-2)8-5-30-13(15)17-8/h3,5,7,20H,4H2,1-2H3,(H2,15,17)(H,16,23)(H,21,25)/b19-10-/t7-/m0/s1. The van der Waals surface area contributed by atoms with Crippen molar-refractivity contribution in [1.29, 1.82) is 0 Å². The van der Waals surface area contributed by atoms with Crippen molar-refractivity contribution in [3.8, 4) is 0 Å². The number of rotatable bonds is 7. The van der Waals surface area contributed by atoms with Gasteiger partial charge in [0.15, 0.2) is 10.8 Å². The van der Waals surface area contributed by atoms with E-state index in [1.54, 1.807) is 11.6 Å². The van der Waals surface area contributed by atoms with Gasteiger partial charge in [-0.1, -0.05) is 10.3 Å². The van der Waals surface area contributed by atoms with Gasteiger partial charge in [-0.05, 0) is 6.92 Å². The van der Waals surface area contributed by atoms with Gasteiger partial charge in [0.1, 0.15) is 18.8 Å². The molecule has 2 aromatic heterocycles. The lowest BCUT2D eigenvalue weighted by atomic mass is 10.1. The summed E-state index contributed by atoms with van der Waals surface area (Å²) in [6.45, 7) is 1.30. The summed E-state index contributed by atoms with van der Waals surface area (Å²) in [7, 11) is -3.16. The van der Waals surface area contributed by atoms with Crippen LogP contribution in [0.1, 0.15) is 11.4 Å². The van der Waals surface area contributed by atoms with E-state index in [1.165, 1.54) is 18.6 Å². The summed E-state index contributed by atoms with van der Waals surface area (Å²) in [6, 6.07) is -1.000. The molecule has 1 aliphatic rings. The smallest absolute Gasteiger partial charge is 0.339 e. The Morgan fingerprint density at radius 3 is 2.74 bits per heavy atom. The molecule has 0 bridgehead atoms. The van der Waals surface area contributed by atoms with Gasteiger partial charge in [0.25, 0.3) is 11.8 Å². The number of nitrogens with two attached hydrogens (primary N) is 1. The maximum absolute atomic E-state index is 12.4. The number of amides is 4. The molecule has 5 N–H and O–H groups in total. The van der Waals surface area contributed by atoms with Crippen molar-refractivity contribution in [2.75, 3.05) is 24.1 Å². The van der Waals surface area contributed by atoms with Crippen LogP contribution in [0.15, 0.2) is 21.1 Å². The van der Waals surface area contributed by atoms with Crippen LogP contribution < -0.4 is 20.5 Å². The first-order valence-corrected chi connectivity index (χ1v) is 10.7. The molecule has 3 heterocycles. The molecule has 4 amide bonds. The number of imide groups is 1. The molecule has 0 saturated carbocycles. The number of likely N-dealkylation sites (tertiary alicyclic amines) is 1.